The van der Waals surface area contributed by atoms with Crippen LogP contribution in [-0.2, 0) is 0 Å². The Labute approximate surface area is 124 Å². The number of rotatable bonds is 4. The topological polar surface area (TPSA) is 45.0 Å². The van der Waals surface area contributed by atoms with Gasteiger partial charge in [-0.2, -0.15) is 5.26 Å². The first-order valence-corrected chi connectivity index (χ1v) is 6.70. The summed E-state index contributed by atoms with van der Waals surface area (Å²) in [7, 11) is 1.81. The molecule has 3 nitrogen and oxygen atoms in total. The van der Waals surface area contributed by atoms with Crippen LogP contribution in [0, 0.1) is 24.1 Å². The summed E-state index contributed by atoms with van der Waals surface area (Å²) in [5.41, 5.74) is 2.18. The number of nitrogens with zero attached hydrogens (tertiary/aromatic N) is 1. The van der Waals surface area contributed by atoms with Crippen molar-refractivity contribution in [1.29, 1.82) is 5.26 Å². The molecule has 0 fully saturated rings. The second-order valence-corrected chi connectivity index (χ2v) is 4.89. The zero-order valence-corrected chi connectivity index (χ0v) is 12.3. The quantitative estimate of drug-likeness (QED) is 0.920. The van der Waals surface area contributed by atoms with Crippen molar-refractivity contribution in [2.45, 2.75) is 19.9 Å². The zero-order valence-electron chi connectivity index (χ0n) is 12.3. The number of ether oxygens (including phenoxy) is 1. The van der Waals surface area contributed by atoms with Gasteiger partial charge in [0, 0.05) is 11.6 Å². The van der Waals surface area contributed by atoms with Crippen LogP contribution in [0.4, 0.5) is 4.39 Å². The van der Waals surface area contributed by atoms with Crippen molar-refractivity contribution in [1.82, 2.24) is 5.32 Å². The molecule has 2 aromatic carbocycles. The maximum atomic E-state index is 13.5. The van der Waals surface area contributed by atoms with E-state index in [4.69, 9.17) is 10.00 Å². The van der Waals surface area contributed by atoms with Gasteiger partial charge in [0.1, 0.15) is 17.3 Å². The van der Waals surface area contributed by atoms with Crippen molar-refractivity contribution in [3.05, 3.63) is 58.9 Å². The highest BCUT2D eigenvalue weighted by atomic mass is 19.1. The molecule has 0 aliphatic rings. The van der Waals surface area contributed by atoms with E-state index in [1.165, 1.54) is 12.1 Å². The Balaban J connectivity index is 2.42. The first-order valence-electron chi connectivity index (χ1n) is 6.70. The Bertz CT molecular complexity index is 692. The third-order valence-corrected chi connectivity index (χ3v) is 3.41. The van der Waals surface area contributed by atoms with Gasteiger partial charge in [-0.25, -0.2) is 4.39 Å². The number of aryl methyl sites for hydroxylation is 1. The summed E-state index contributed by atoms with van der Waals surface area (Å²) >= 11 is 0. The minimum Gasteiger partial charge on any atom is -0.457 e. The van der Waals surface area contributed by atoms with Crippen LogP contribution < -0.4 is 10.1 Å². The maximum absolute atomic E-state index is 13.5. The summed E-state index contributed by atoms with van der Waals surface area (Å²) in [5, 5.41) is 12.0. The van der Waals surface area contributed by atoms with E-state index in [-0.39, 0.29) is 11.9 Å². The van der Waals surface area contributed by atoms with E-state index in [1.54, 1.807) is 25.2 Å². The molecule has 0 bridgehead atoms. The van der Waals surface area contributed by atoms with Crippen LogP contribution in [0.25, 0.3) is 0 Å². The smallest absolute Gasteiger partial charge is 0.132 e. The van der Waals surface area contributed by atoms with Gasteiger partial charge in [0.25, 0.3) is 0 Å². The minimum atomic E-state index is -0.304. The van der Waals surface area contributed by atoms with Crippen molar-refractivity contribution in [2.75, 3.05) is 7.05 Å². The second-order valence-electron chi connectivity index (χ2n) is 4.89. The van der Waals surface area contributed by atoms with Crippen molar-refractivity contribution >= 4 is 0 Å². The van der Waals surface area contributed by atoms with E-state index in [0.717, 1.165) is 11.1 Å². The van der Waals surface area contributed by atoms with Crippen molar-refractivity contribution in [3.63, 3.8) is 0 Å². The fraction of sp³-hybridized carbons (Fsp3) is 0.235. The van der Waals surface area contributed by atoms with E-state index in [2.05, 4.69) is 11.4 Å². The van der Waals surface area contributed by atoms with E-state index in [0.29, 0.717) is 17.1 Å². The fourth-order valence-electron chi connectivity index (χ4n) is 2.00. The lowest BCUT2D eigenvalue weighted by atomic mass is 10.1. The number of benzene rings is 2. The zero-order chi connectivity index (χ0) is 15.4. The molecule has 1 atom stereocenters. The molecule has 0 heterocycles. The molecule has 21 heavy (non-hydrogen) atoms. The van der Waals surface area contributed by atoms with Gasteiger partial charge >= 0.3 is 0 Å². The van der Waals surface area contributed by atoms with Crippen molar-refractivity contribution < 1.29 is 9.13 Å². The molecule has 0 aliphatic heterocycles. The Hall–Kier alpha value is -2.38. The second kappa shape index (κ2) is 6.38. The lowest BCUT2D eigenvalue weighted by molar-refractivity contribution is 0.460. The molecule has 0 spiro atoms. The minimum absolute atomic E-state index is 0.0462. The van der Waals surface area contributed by atoms with Gasteiger partial charge in [-0.15, -0.1) is 0 Å². The Morgan fingerprint density at radius 1 is 1.19 bits per heavy atom. The van der Waals surface area contributed by atoms with Crippen molar-refractivity contribution in [3.8, 4) is 17.6 Å². The number of hydrogen-bond donors (Lipinski definition) is 1. The van der Waals surface area contributed by atoms with E-state index >= 15 is 0 Å². The first-order chi connectivity index (χ1) is 10.0. The van der Waals surface area contributed by atoms with Gasteiger partial charge in [0.15, 0.2) is 0 Å². The highest BCUT2D eigenvalue weighted by molar-refractivity contribution is 5.46. The summed E-state index contributed by atoms with van der Waals surface area (Å²) in [5.74, 6) is 0.878. The lowest BCUT2D eigenvalue weighted by Gasteiger charge is -2.17. The molecule has 108 valence electrons. The molecule has 2 rings (SSSR count). The molecule has 0 aromatic heterocycles. The molecule has 2 aromatic rings. The van der Waals surface area contributed by atoms with Crippen LogP contribution in [0.15, 0.2) is 36.4 Å². The standard InChI is InChI=1S/C17H17FN2O/c1-11-4-5-13(10-19)8-17(11)21-16-7-6-14(18)9-15(16)12(2)20-3/h4-9,12,20H,1-3H3. The van der Waals surface area contributed by atoms with Gasteiger partial charge in [-0.1, -0.05) is 6.07 Å². The predicted octanol–water partition coefficient (Wildman–Crippen LogP) is 4.08. The van der Waals surface area contributed by atoms with Gasteiger partial charge < -0.3 is 10.1 Å². The van der Waals surface area contributed by atoms with Crippen LogP contribution in [0.1, 0.15) is 29.7 Å². The highest BCUT2D eigenvalue weighted by Crippen LogP contribution is 2.32. The number of nitrogens with one attached hydrogen (secondary N) is 1. The monoisotopic (exact) mass is 284 g/mol. The Morgan fingerprint density at radius 2 is 1.95 bits per heavy atom. The third kappa shape index (κ3) is 3.39. The van der Waals surface area contributed by atoms with Crippen LogP contribution in [-0.4, -0.2) is 7.05 Å². The molecule has 1 N–H and O–H groups in total. The molecule has 1 unspecified atom stereocenters. The van der Waals surface area contributed by atoms with E-state index in [1.807, 2.05) is 19.9 Å². The van der Waals surface area contributed by atoms with Gasteiger partial charge in [-0.05, 0) is 56.8 Å². The summed E-state index contributed by atoms with van der Waals surface area (Å²) in [6.07, 6.45) is 0. The number of hydrogen-bond acceptors (Lipinski definition) is 3. The van der Waals surface area contributed by atoms with Crippen LogP contribution in [0.5, 0.6) is 11.5 Å². The van der Waals surface area contributed by atoms with Crippen LogP contribution >= 0.6 is 0 Å². The molecule has 0 saturated heterocycles. The van der Waals surface area contributed by atoms with Gasteiger partial charge in [-0.3, -0.25) is 0 Å². The van der Waals surface area contributed by atoms with E-state index < -0.39 is 0 Å². The molecular formula is C17H17FN2O. The van der Waals surface area contributed by atoms with Crippen molar-refractivity contribution in [2.24, 2.45) is 0 Å². The lowest BCUT2D eigenvalue weighted by Crippen LogP contribution is -2.13. The summed E-state index contributed by atoms with van der Waals surface area (Å²) in [4.78, 5) is 0. The van der Waals surface area contributed by atoms with Crippen LogP contribution in [0.2, 0.25) is 0 Å². The average molecular weight is 284 g/mol. The average Bonchev–Trinajstić information content (AvgIpc) is 2.50. The fourth-order valence-corrected chi connectivity index (χ4v) is 2.00. The Kier molecular flexibility index (Phi) is 4.56. The molecule has 0 radical (unpaired) electrons. The molecule has 0 saturated carbocycles. The Morgan fingerprint density at radius 3 is 2.62 bits per heavy atom. The molecule has 4 heteroatoms. The molecular weight excluding hydrogens is 267 g/mol. The summed E-state index contributed by atoms with van der Waals surface area (Å²) in [6.45, 7) is 3.83. The SMILES string of the molecule is CNC(C)c1cc(F)ccc1Oc1cc(C#N)ccc1C. The predicted molar refractivity (Wildman–Crippen MR) is 79.8 cm³/mol. The first kappa shape index (κ1) is 15.0. The molecule has 0 amide bonds. The number of nitriles is 1. The van der Waals surface area contributed by atoms with Gasteiger partial charge in [0.2, 0.25) is 0 Å². The van der Waals surface area contributed by atoms with Gasteiger partial charge in [0.05, 0.1) is 11.6 Å². The van der Waals surface area contributed by atoms with Crippen LogP contribution in [0.3, 0.4) is 0 Å². The number of halogens is 1. The molecule has 0 aliphatic carbocycles. The largest absolute Gasteiger partial charge is 0.457 e. The van der Waals surface area contributed by atoms with E-state index in [9.17, 15) is 4.39 Å². The summed E-state index contributed by atoms with van der Waals surface area (Å²) in [6, 6.07) is 11.7. The summed E-state index contributed by atoms with van der Waals surface area (Å²) < 4.78 is 19.4. The highest BCUT2D eigenvalue weighted by Gasteiger charge is 2.13. The normalized spacial score (nSPS) is 11.8. The third-order valence-electron chi connectivity index (χ3n) is 3.41. The maximum Gasteiger partial charge on any atom is 0.132 e.